The van der Waals surface area contributed by atoms with Crippen molar-refractivity contribution in [1.29, 1.82) is 0 Å². The third-order valence-electron chi connectivity index (χ3n) is 7.24. The van der Waals surface area contributed by atoms with Gasteiger partial charge in [-0.25, -0.2) is 14.5 Å². The minimum absolute atomic E-state index is 0.101. The molecular formula is C30H27N9O5S3. The highest BCUT2D eigenvalue weighted by molar-refractivity contribution is 8.01. The number of nitrogen functional groups attached to an aromatic ring is 1. The average molecular weight is 690 g/mol. The molecule has 17 heteroatoms. The molecule has 0 aliphatic carbocycles. The van der Waals surface area contributed by atoms with E-state index in [-0.39, 0.29) is 22.1 Å². The molecule has 0 spiro atoms. The number of thiazole rings is 1. The molecule has 0 bridgehead atoms. The minimum atomic E-state index is -1.00. The summed E-state index contributed by atoms with van der Waals surface area (Å²) in [5.74, 6) is -2.14. The fraction of sp³-hybridized carbons (Fsp3) is 0.200. The van der Waals surface area contributed by atoms with Crippen molar-refractivity contribution in [3.63, 3.8) is 0 Å². The number of ether oxygens (including phenoxy) is 1. The zero-order valence-electron chi connectivity index (χ0n) is 24.7. The number of fused-ring (bicyclic) bond motifs is 1. The lowest BCUT2D eigenvalue weighted by molar-refractivity contribution is -0.154. The van der Waals surface area contributed by atoms with Crippen molar-refractivity contribution >= 4 is 69.3 Å². The normalized spacial score (nSPS) is 17.7. The fourth-order valence-corrected chi connectivity index (χ4v) is 7.95. The summed E-state index contributed by atoms with van der Waals surface area (Å²) in [6.07, 6.45) is 0.187. The number of benzene rings is 2. The van der Waals surface area contributed by atoms with Crippen LogP contribution < -0.4 is 16.8 Å². The van der Waals surface area contributed by atoms with E-state index in [1.165, 1.54) is 38.5 Å². The Morgan fingerprint density at radius 2 is 1.81 bits per heavy atom. The molecule has 2 aliphatic heterocycles. The van der Waals surface area contributed by atoms with Crippen LogP contribution in [0.4, 0.5) is 5.13 Å². The van der Waals surface area contributed by atoms with Crippen LogP contribution >= 0.6 is 34.9 Å². The van der Waals surface area contributed by atoms with Gasteiger partial charge >= 0.3 is 5.97 Å². The molecule has 1 saturated heterocycles. The van der Waals surface area contributed by atoms with Crippen molar-refractivity contribution in [2.45, 2.75) is 22.7 Å². The maximum atomic E-state index is 14.2. The van der Waals surface area contributed by atoms with Crippen LogP contribution in [0, 0.1) is 0 Å². The summed E-state index contributed by atoms with van der Waals surface area (Å²) >= 11 is 3.78. The number of carbonyl (C=O) groups excluding carboxylic acids is 4. The first-order chi connectivity index (χ1) is 22.7. The van der Waals surface area contributed by atoms with E-state index in [1.54, 1.807) is 7.05 Å². The number of aromatic nitrogens is 5. The van der Waals surface area contributed by atoms with Gasteiger partial charge in [-0.15, -0.1) is 28.2 Å². The highest BCUT2D eigenvalue weighted by Crippen LogP contribution is 2.43. The van der Waals surface area contributed by atoms with Crippen molar-refractivity contribution in [1.82, 2.24) is 35.4 Å². The van der Waals surface area contributed by atoms with Crippen LogP contribution in [-0.2, 0) is 31.0 Å². The van der Waals surface area contributed by atoms with Crippen molar-refractivity contribution in [3.05, 3.63) is 100 Å². The van der Waals surface area contributed by atoms with Gasteiger partial charge in [0.05, 0.1) is 11.3 Å². The van der Waals surface area contributed by atoms with E-state index in [2.05, 4.69) is 25.8 Å². The second-order valence-corrected chi connectivity index (χ2v) is 13.3. The number of β-lactam (4-membered cyclic amide) rings is 1. The monoisotopic (exact) mass is 689 g/mol. The van der Waals surface area contributed by atoms with E-state index < -0.39 is 41.2 Å². The number of nitrogens with zero attached hydrogens (tertiary/aromatic N) is 6. The number of esters is 1. The van der Waals surface area contributed by atoms with Crippen LogP contribution in [0.25, 0.3) is 5.57 Å². The van der Waals surface area contributed by atoms with Crippen molar-refractivity contribution in [3.8, 4) is 0 Å². The van der Waals surface area contributed by atoms with Crippen LogP contribution in [0.1, 0.15) is 22.9 Å². The van der Waals surface area contributed by atoms with Crippen LogP contribution in [0.3, 0.4) is 0 Å². The summed E-state index contributed by atoms with van der Waals surface area (Å²) < 4.78 is 7.70. The van der Waals surface area contributed by atoms with Crippen molar-refractivity contribution in [2.24, 2.45) is 12.8 Å². The zero-order chi connectivity index (χ0) is 33.1. The highest BCUT2D eigenvalue weighted by atomic mass is 32.2. The number of primary amides is 1. The molecule has 2 aromatic heterocycles. The van der Waals surface area contributed by atoms with Crippen molar-refractivity contribution < 1.29 is 23.9 Å². The molecule has 6 rings (SSSR count). The van der Waals surface area contributed by atoms with Crippen LogP contribution in [0.2, 0.25) is 0 Å². The maximum Gasteiger partial charge on any atom is 0.356 e. The van der Waals surface area contributed by atoms with Gasteiger partial charge in [0.2, 0.25) is 11.1 Å². The van der Waals surface area contributed by atoms with Gasteiger partial charge in [-0.1, -0.05) is 72.4 Å². The number of aryl methyl sites for hydroxylation is 1. The highest BCUT2D eigenvalue weighted by Gasteiger charge is 2.55. The van der Waals surface area contributed by atoms with Gasteiger partial charge in [-0.3, -0.25) is 19.3 Å². The summed E-state index contributed by atoms with van der Waals surface area (Å²) in [5, 5.41) is 15.8. The van der Waals surface area contributed by atoms with E-state index in [9.17, 15) is 19.2 Å². The number of anilines is 1. The second kappa shape index (κ2) is 13.8. The molecule has 1 fully saturated rings. The molecule has 0 radical (unpaired) electrons. The first-order valence-corrected chi connectivity index (χ1v) is 17.0. The van der Waals surface area contributed by atoms with Crippen LogP contribution in [0.5, 0.6) is 0 Å². The number of thioether (sulfide) groups is 2. The Labute approximate surface area is 280 Å². The summed E-state index contributed by atoms with van der Waals surface area (Å²) in [5.41, 5.74) is 13.4. The quantitative estimate of drug-likeness (QED) is 0.0895. The van der Waals surface area contributed by atoms with Gasteiger partial charge in [0.15, 0.2) is 11.2 Å². The molecule has 240 valence electrons. The van der Waals surface area contributed by atoms with Gasteiger partial charge in [0, 0.05) is 30.0 Å². The Morgan fingerprint density at radius 1 is 1.13 bits per heavy atom. The van der Waals surface area contributed by atoms with E-state index in [1.807, 2.05) is 60.7 Å². The van der Waals surface area contributed by atoms with Gasteiger partial charge in [-0.05, 0) is 27.1 Å². The predicted octanol–water partition coefficient (Wildman–Crippen LogP) is 1.90. The number of hydrogen-bond acceptors (Lipinski definition) is 13. The van der Waals surface area contributed by atoms with E-state index in [4.69, 9.17) is 16.2 Å². The predicted molar refractivity (Wildman–Crippen MR) is 176 cm³/mol. The van der Waals surface area contributed by atoms with Gasteiger partial charge in [0.25, 0.3) is 11.8 Å². The second-order valence-electron chi connectivity index (χ2n) is 10.3. The maximum absolute atomic E-state index is 14.2. The average Bonchev–Trinajstić information content (AvgIpc) is 3.70. The molecule has 0 saturated carbocycles. The van der Waals surface area contributed by atoms with Gasteiger partial charge in [-0.2, -0.15) is 0 Å². The molecular weight excluding hydrogens is 663 g/mol. The van der Waals surface area contributed by atoms with Gasteiger partial charge < -0.3 is 21.5 Å². The molecule has 2 aliphatic rings. The third-order valence-corrected chi connectivity index (χ3v) is 10.4. The first-order valence-electron chi connectivity index (χ1n) is 14.1. The Hall–Kier alpha value is -5.00. The molecule has 4 heterocycles. The summed E-state index contributed by atoms with van der Waals surface area (Å²) in [6, 6.07) is 17.6. The number of hydrogen-bond donors (Lipinski definition) is 3. The third kappa shape index (κ3) is 6.77. The number of amides is 3. The molecule has 5 N–H and O–H groups in total. The molecule has 14 nitrogen and oxygen atoms in total. The Morgan fingerprint density at radius 3 is 2.38 bits per heavy atom. The SMILES string of the molecule is Cn1nnnc1SCC1=C(C(=O)OC(c2ccccc2)c2ccccc2)N2C(=O)C(NC(=O)C(=CC(N)=O)c3csc(N)n3)[C@@H]2SC1. The van der Waals surface area contributed by atoms with Crippen LogP contribution in [0.15, 0.2) is 88.5 Å². The smallest absolute Gasteiger partial charge is 0.356 e. The lowest BCUT2D eigenvalue weighted by Gasteiger charge is -2.49. The Balaban J connectivity index is 1.29. The number of nitrogens with two attached hydrogens (primary N) is 2. The van der Waals surface area contributed by atoms with Crippen molar-refractivity contribution in [2.75, 3.05) is 17.2 Å². The topological polar surface area (TPSA) is 201 Å². The van der Waals surface area contributed by atoms with E-state index in [0.29, 0.717) is 22.2 Å². The van der Waals surface area contributed by atoms with E-state index in [0.717, 1.165) is 28.5 Å². The summed E-state index contributed by atoms with van der Waals surface area (Å²) in [7, 11) is 1.70. The summed E-state index contributed by atoms with van der Waals surface area (Å²) in [4.78, 5) is 58.4. The minimum Gasteiger partial charge on any atom is -0.448 e. The van der Waals surface area contributed by atoms with Gasteiger partial charge in [0.1, 0.15) is 17.1 Å². The largest absolute Gasteiger partial charge is 0.448 e. The number of nitrogens with one attached hydrogen (secondary N) is 1. The number of tetrazole rings is 1. The molecule has 2 atom stereocenters. The molecule has 47 heavy (non-hydrogen) atoms. The lowest BCUT2D eigenvalue weighted by Crippen LogP contribution is -2.70. The standard InChI is InChI=1S/C30H27N9O5S3/c1-38-30(35-36-37-38)47-14-18-13-45-27-22(34-25(41)19(12-21(31)40)20-15-46-29(32)33-20)26(42)39(27)23(18)28(43)44-24(16-8-4-2-5-9-16)17-10-6-3-7-11-17/h2-12,15,22,24,27H,13-14H2,1H3,(H2,31,40)(H2,32,33)(H,34,41)/t22?,27-/m0/s1. The Bertz CT molecular complexity index is 1850. The summed E-state index contributed by atoms with van der Waals surface area (Å²) in [6.45, 7) is 0. The number of carbonyl (C=O) groups is 4. The zero-order valence-corrected chi connectivity index (χ0v) is 27.1. The number of rotatable bonds is 11. The lowest BCUT2D eigenvalue weighted by atomic mass is 10.0. The Kier molecular flexibility index (Phi) is 9.37. The molecule has 4 aromatic rings. The molecule has 3 amide bonds. The first kappa shape index (κ1) is 32.0. The molecule has 2 aromatic carbocycles. The van der Waals surface area contributed by atoms with E-state index >= 15 is 0 Å². The molecule has 1 unspecified atom stereocenters. The fourth-order valence-electron chi connectivity index (χ4n) is 5.05. The van der Waals surface area contributed by atoms with Crippen LogP contribution in [-0.4, -0.2) is 76.7 Å².